The van der Waals surface area contributed by atoms with Crippen LogP contribution in [0.15, 0.2) is 36.9 Å². The lowest BCUT2D eigenvalue weighted by molar-refractivity contribution is -0.137. The molecule has 1 aromatic rings. The van der Waals surface area contributed by atoms with E-state index in [9.17, 15) is 18.0 Å². The van der Waals surface area contributed by atoms with E-state index < -0.39 is 17.7 Å². The van der Waals surface area contributed by atoms with Crippen LogP contribution in [0.4, 0.5) is 13.2 Å². The van der Waals surface area contributed by atoms with Gasteiger partial charge in [-0.2, -0.15) is 13.2 Å². The molecule has 0 heterocycles. The fourth-order valence-electron chi connectivity index (χ4n) is 1.30. The van der Waals surface area contributed by atoms with Crippen molar-refractivity contribution in [2.45, 2.75) is 19.0 Å². The molecule has 1 atom stereocenters. The Labute approximate surface area is 91.6 Å². The summed E-state index contributed by atoms with van der Waals surface area (Å²) < 4.78 is 36.8. The maximum absolute atomic E-state index is 12.3. The van der Waals surface area contributed by atoms with Crippen molar-refractivity contribution < 1.29 is 18.0 Å². The smallest absolute Gasteiger partial charge is 0.294 e. The van der Waals surface area contributed by atoms with Gasteiger partial charge in [0, 0.05) is 5.92 Å². The highest BCUT2D eigenvalue weighted by molar-refractivity contribution is 5.94. The lowest BCUT2D eigenvalue weighted by Gasteiger charge is -2.10. The van der Waals surface area contributed by atoms with Gasteiger partial charge < -0.3 is 0 Å². The molecule has 0 saturated heterocycles. The van der Waals surface area contributed by atoms with Crippen molar-refractivity contribution >= 4 is 5.78 Å². The summed E-state index contributed by atoms with van der Waals surface area (Å²) in [5.41, 5.74) is -0.160. The number of alkyl halides is 3. The molecule has 0 amide bonds. The van der Waals surface area contributed by atoms with Gasteiger partial charge >= 0.3 is 6.18 Å². The first-order valence-corrected chi connectivity index (χ1v) is 4.69. The van der Waals surface area contributed by atoms with Crippen LogP contribution in [0.2, 0.25) is 0 Å². The number of hydrogen-bond donors (Lipinski definition) is 0. The molecular weight excluding hydrogens is 217 g/mol. The minimum atomic E-state index is -4.34. The molecule has 0 aliphatic carbocycles. The monoisotopic (exact) mass is 228 g/mol. The van der Waals surface area contributed by atoms with Crippen LogP contribution in [0.1, 0.15) is 24.0 Å². The summed E-state index contributed by atoms with van der Waals surface area (Å²) in [6.07, 6.45) is -3.17. The molecule has 1 rings (SSSR count). The van der Waals surface area contributed by atoms with Crippen molar-refractivity contribution in [3.63, 3.8) is 0 Å². The fourth-order valence-corrected chi connectivity index (χ4v) is 1.30. The lowest BCUT2D eigenvalue weighted by atomic mass is 9.96. The summed E-state index contributed by atoms with van der Waals surface area (Å²) in [5.74, 6) is -0.667. The Balaban J connectivity index is 2.95. The van der Waals surface area contributed by atoms with Gasteiger partial charge in [0.1, 0.15) is 0 Å². The second-order valence-corrected chi connectivity index (χ2v) is 3.45. The molecule has 86 valence electrons. The summed E-state index contributed by atoms with van der Waals surface area (Å²) in [5, 5.41) is 0. The minimum absolute atomic E-state index is 0.209. The second kappa shape index (κ2) is 4.51. The third-order valence-corrected chi connectivity index (χ3v) is 2.37. The van der Waals surface area contributed by atoms with Gasteiger partial charge in [0.05, 0.1) is 5.56 Å². The molecule has 4 heteroatoms. The van der Waals surface area contributed by atoms with E-state index in [1.165, 1.54) is 18.2 Å². The summed E-state index contributed by atoms with van der Waals surface area (Å²) in [6, 6.07) is 4.58. The van der Waals surface area contributed by atoms with E-state index in [0.29, 0.717) is 5.56 Å². The van der Waals surface area contributed by atoms with Crippen LogP contribution in [-0.2, 0) is 11.0 Å². The van der Waals surface area contributed by atoms with Gasteiger partial charge in [-0.15, -0.1) is 0 Å². The number of ketones is 1. The predicted molar refractivity (Wildman–Crippen MR) is 55.1 cm³/mol. The topological polar surface area (TPSA) is 17.1 Å². The summed E-state index contributed by atoms with van der Waals surface area (Å²) in [6.45, 7) is 4.97. The minimum Gasteiger partial charge on any atom is -0.294 e. The maximum atomic E-state index is 12.3. The highest BCUT2D eigenvalue weighted by Gasteiger charge is 2.30. The van der Waals surface area contributed by atoms with E-state index in [1.807, 2.05) is 0 Å². The number of allylic oxidation sites excluding steroid dienone is 1. The molecule has 0 radical (unpaired) electrons. The summed E-state index contributed by atoms with van der Waals surface area (Å²) in [7, 11) is 0. The molecule has 1 nitrogen and oxygen atoms in total. The number of carbonyl (C=O) groups excluding carboxylic acids is 1. The van der Waals surface area contributed by atoms with Gasteiger partial charge in [0.15, 0.2) is 5.78 Å². The lowest BCUT2D eigenvalue weighted by Crippen LogP contribution is -2.08. The van der Waals surface area contributed by atoms with Crippen LogP contribution in [0.5, 0.6) is 0 Å². The van der Waals surface area contributed by atoms with Crippen molar-refractivity contribution in [3.8, 4) is 0 Å². The predicted octanol–water partition coefficient (Wildman–Crippen LogP) is 3.56. The Hall–Kier alpha value is -1.58. The van der Waals surface area contributed by atoms with E-state index >= 15 is 0 Å². The van der Waals surface area contributed by atoms with Crippen LogP contribution in [-0.4, -0.2) is 5.78 Å². The fraction of sp³-hybridized carbons (Fsp3) is 0.250. The first kappa shape index (κ1) is 12.5. The van der Waals surface area contributed by atoms with Gasteiger partial charge in [-0.3, -0.25) is 4.79 Å². The Morgan fingerprint density at radius 3 is 2.19 bits per heavy atom. The molecular formula is C12H11F3O. The van der Waals surface area contributed by atoms with E-state index in [1.54, 1.807) is 6.92 Å². The van der Waals surface area contributed by atoms with Gasteiger partial charge in [-0.25, -0.2) is 0 Å². The standard InChI is InChI=1S/C12H11F3O/c1-3-11(16)8(2)9-4-6-10(7-5-9)12(13,14)15/h3-8H,1H2,2H3. The first-order chi connectivity index (χ1) is 7.36. The van der Waals surface area contributed by atoms with Crippen LogP contribution < -0.4 is 0 Å². The molecule has 16 heavy (non-hydrogen) atoms. The molecule has 0 spiro atoms. The summed E-state index contributed by atoms with van der Waals surface area (Å²) in [4.78, 5) is 11.3. The SMILES string of the molecule is C=CC(=O)C(C)c1ccc(C(F)(F)F)cc1. The number of halogens is 3. The third kappa shape index (κ3) is 2.72. The van der Waals surface area contributed by atoms with Crippen molar-refractivity contribution in [1.29, 1.82) is 0 Å². The molecule has 1 aromatic carbocycles. The van der Waals surface area contributed by atoms with Crippen LogP contribution in [0.3, 0.4) is 0 Å². The van der Waals surface area contributed by atoms with Gasteiger partial charge in [0.2, 0.25) is 0 Å². The number of carbonyl (C=O) groups is 1. The quantitative estimate of drug-likeness (QED) is 0.723. The third-order valence-electron chi connectivity index (χ3n) is 2.37. The highest BCUT2D eigenvalue weighted by atomic mass is 19.4. The van der Waals surface area contributed by atoms with Gasteiger partial charge in [-0.05, 0) is 23.8 Å². The van der Waals surface area contributed by atoms with Crippen molar-refractivity contribution in [3.05, 3.63) is 48.0 Å². The van der Waals surface area contributed by atoms with E-state index in [4.69, 9.17) is 0 Å². The Morgan fingerprint density at radius 2 is 1.81 bits per heavy atom. The molecule has 0 aromatic heterocycles. The zero-order valence-corrected chi connectivity index (χ0v) is 8.71. The van der Waals surface area contributed by atoms with Crippen molar-refractivity contribution in [2.24, 2.45) is 0 Å². The molecule has 1 unspecified atom stereocenters. The van der Waals surface area contributed by atoms with Crippen LogP contribution in [0.25, 0.3) is 0 Å². The Bertz CT molecular complexity index is 390. The van der Waals surface area contributed by atoms with Gasteiger partial charge in [-0.1, -0.05) is 25.6 Å². The second-order valence-electron chi connectivity index (χ2n) is 3.45. The normalized spacial score (nSPS) is 13.2. The molecule has 0 N–H and O–H groups in total. The molecule has 0 aliphatic rings. The van der Waals surface area contributed by atoms with E-state index in [2.05, 4.69) is 6.58 Å². The Kier molecular flexibility index (Phi) is 3.52. The maximum Gasteiger partial charge on any atom is 0.416 e. The Morgan fingerprint density at radius 1 is 1.31 bits per heavy atom. The molecule has 0 saturated carbocycles. The zero-order chi connectivity index (χ0) is 12.3. The van der Waals surface area contributed by atoms with Crippen LogP contribution >= 0.6 is 0 Å². The number of hydrogen-bond acceptors (Lipinski definition) is 1. The highest BCUT2D eigenvalue weighted by Crippen LogP contribution is 2.30. The molecule has 0 aliphatic heterocycles. The summed E-state index contributed by atoms with van der Waals surface area (Å²) >= 11 is 0. The number of rotatable bonds is 3. The molecule has 0 bridgehead atoms. The van der Waals surface area contributed by atoms with Crippen molar-refractivity contribution in [1.82, 2.24) is 0 Å². The van der Waals surface area contributed by atoms with E-state index in [0.717, 1.165) is 12.1 Å². The average Bonchev–Trinajstić information content (AvgIpc) is 2.26. The van der Waals surface area contributed by atoms with Gasteiger partial charge in [0.25, 0.3) is 0 Å². The first-order valence-electron chi connectivity index (χ1n) is 4.69. The van der Waals surface area contributed by atoms with Crippen molar-refractivity contribution in [2.75, 3.05) is 0 Å². The average molecular weight is 228 g/mol. The number of benzene rings is 1. The van der Waals surface area contributed by atoms with E-state index in [-0.39, 0.29) is 5.78 Å². The molecule has 0 fully saturated rings. The zero-order valence-electron chi connectivity index (χ0n) is 8.71. The van der Waals surface area contributed by atoms with Crippen LogP contribution in [0, 0.1) is 0 Å². The largest absolute Gasteiger partial charge is 0.416 e.